The van der Waals surface area contributed by atoms with Gasteiger partial charge in [0.2, 0.25) is 16.0 Å². The van der Waals surface area contributed by atoms with Gasteiger partial charge < -0.3 is 15.3 Å². The Hall–Kier alpha value is -1.89. The van der Waals surface area contributed by atoms with E-state index >= 15 is 0 Å². The summed E-state index contributed by atoms with van der Waals surface area (Å²) in [6.07, 6.45) is 0.860. The SMILES string of the molecule is CC(C)c1nc(N(C)S(C)(=O)=O)nc(-c2ccc(F)cc2)c1/C=C/C(O)CC(O)CC(=O)O.[NaH]. The number of aliphatic hydroxyl groups excluding tert-OH is 2. The number of anilines is 1. The van der Waals surface area contributed by atoms with Crippen molar-refractivity contribution in [3.8, 4) is 11.3 Å². The molecular formula is C22H29FN3NaO6S. The van der Waals surface area contributed by atoms with Gasteiger partial charge in [-0.1, -0.05) is 26.0 Å². The molecule has 0 amide bonds. The van der Waals surface area contributed by atoms with Crippen LogP contribution in [0.15, 0.2) is 30.3 Å². The summed E-state index contributed by atoms with van der Waals surface area (Å²) in [5, 5.41) is 28.8. The molecular weight excluding hydrogens is 476 g/mol. The summed E-state index contributed by atoms with van der Waals surface area (Å²) in [6.45, 7) is 3.71. The summed E-state index contributed by atoms with van der Waals surface area (Å²) in [7, 11) is -2.33. The summed E-state index contributed by atoms with van der Waals surface area (Å²) in [5.74, 6) is -1.87. The molecule has 1 heterocycles. The summed E-state index contributed by atoms with van der Waals surface area (Å²) in [6, 6.07) is 5.49. The van der Waals surface area contributed by atoms with Gasteiger partial charge >= 0.3 is 35.5 Å². The molecule has 0 aliphatic rings. The number of aliphatic hydroxyl groups is 2. The van der Waals surface area contributed by atoms with E-state index in [2.05, 4.69) is 9.97 Å². The van der Waals surface area contributed by atoms with E-state index in [1.54, 1.807) is 0 Å². The Morgan fingerprint density at radius 2 is 1.76 bits per heavy atom. The first-order chi connectivity index (χ1) is 15.3. The van der Waals surface area contributed by atoms with Crippen LogP contribution in [0.25, 0.3) is 17.3 Å². The number of sulfonamides is 1. The molecule has 0 saturated carbocycles. The van der Waals surface area contributed by atoms with E-state index in [1.807, 2.05) is 13.8 Å². The van der Waals surface area contributed by atoms with Crippen molar-refractivity contribution in [3.63, 3.8) is 0 Å². The standard InChI is InChI=1S/C22H28FN3O6S.Na.H/c1-13(2)20-18(10-9-16(27)11-17(28)12-19(29)30)21(14-5-7-15(23)8-6-14)25-22(24-20)26(3)33(4,31)32;;/h5-10,13,16-17,27-28H,11-12H2,1-4H3,(H,29,30);;/b10-9+;;. The van der Waals surface area contributed by atoms with E-state index < -0.39 is 40.4 Å². The topological polar surface area (TPSA) is 141 Å². The molecule has 2 aromatic rings. The van der Waals surface area contributed by atoms with Crippen LogP contribution in [-0.4, -0.2) is 94.7 Å². The Kier molecular flexibility index (Phi) is 11.3. The van der Waals surface area contributed by atoms with Crippen LogP contribution in [0.2, 0.25) is 0 Å². The van der Waals surface area contributed by atoms with Gasteiger partial charge in [0.1, 0.15) is 5.82 Å². The molecule has 2 atom stereocenters. The fourth-order valence-corrected chi connectivity index (χ4v) is 3.42. The number of aromatic nitrogens is 2. The van der Waals surface area contributed by atoms with Gasteiger partial charge in [0.15, 0.2) is 0 Å². The molecule has 2 rings (SSSR count). The molecule has 0 aliphatic heterocycles. The van der Waals surface area contributed by atoms with Crippen molar-refractivity contribution >= 4 is 57.6 Å². The van der Waals surface area contributed by atoms with E-state index in [1.165, 1.54) is 43.5 Å². The monoisotopic (exact) mass is 505 g/mol. The third kappa shape index (κ3) is 8.40. The van der Waals surface area contributed by atoms with Crippen LogP contribution in [0.3, 0.4) is 0 Å². The normalized spacial score (nSPS) is 13.5. The number of hydrogen-bond acceptors (Lipinski definition) is 7. The van der Waals surface area contributed by atoms with Crippen LogP contribution in [0.4, 0.5) is 10.3 Å². The Balaban J connectivity index is 0.00000578. The number of hydrogen-bond donors (Lipinski definition) is 3. The van der Waals surface area contributed by atoms with E-state index in [4.69, 9.17) is 5.11 Å². The maximum atomic E-state index is 13.5. The maximum absolute atomic E-state index is 13.5. The van der Waals surface area contributed by atoms with E-state index in [9.17, 15) is 27.8 Å². The second-order valence-corrected chi connectivity index (χ2v) is 9.99. The first-order valence-electron chi connectivity index (χ1n) is 10.2. The molecule has 12 heteroatoms. The molecule has 0 bridgehead atoms. The van der Waals surface area contributed by atoms with E-state index in [-0.39, 0.29) is 47.8 Å². The second kappa shape index (κ2) is 12.7. The zero-order chi connectivity index (χ0) is 24.9. The van der Waals surface area contributed by atoms with Gasteiger partial charge in [-0.05, 0) is 30.2 Å². The predicted molar refractivity (Wildman–Crippen MR) is 130 cm³/mol. The average molecular weight is 506 g/mol. The van der Waals surface area contributed by atoms with Gasteiger partial charge in [-0.15, -0.1) is 0 Å². The zero-order valence-electron chi connectivity index (χ0n) is 18.8. The number of carbonyl (C=O) groups is 1. The Labute approximate surface area is 220 Å². The van der Waals surface area contributed by atoms with Crippen LogP contribution in [0, 0.1) is 5.82 Å². The number of benzene rings is 1. The summed E-state index contributed by atoms with van der Waals surface area (Å²) in [5.41, 5.74) is 1.80. The second-order valence-electron chi connectivity index (χ2n) is 7.98. The number of carboxylic acids is 1. The molecule has 0 radical (unpaired) electrons. The van der Waals surface area contributed by atoms with E-state index in [0.29, 0.717) is 22.5 Å². The summed E-state index contributed by atoms with van der Waals surface area (Å²) in [4.78, 5) is 19.6. The van der Waals surface area contributed by atoms with Crippen molar-refractivity contribution in [2.75, 3.05) is 17.6 Å². The molecule has 34 heavy (non-hydrogen) atoms. The molecule has 0 fully saturated rings. The van der Waals surface area contributed by atoms with Crippen LogP contribution < -0.4 is 4.31 Å². The third-order valence-corrected chi connectivity index (χ3v) is 5.97. The van der Waals surface area contributed by atoms with Crippen LogP contribution >= 0.6 is 0 Å². The minimum absolute atomic E-state index is 0. The van der Waals surface area contributed by atoms with Gasteiger partial charge in [0.25, 0.3) is 0 Å². The number of aliphatic carboxylic acids is 1. The summed E-state index contributed by atoms with van der Waals surface area (Å²) >= 11 is 0. The van der Waals surface area contributed by atoms with Gasteiger partial charge in [-0.2, -0.15) is 0 Å². The van der Waals surface area contributed by atoms with Crippen LogP contribution in [0.1, 0.15) is 43.9 Å². The van der Waals surface area contributed by atoms with Gasteiger partial charge in [-0.25, -0.2) is 27.1 Å². The van der Waals surface area contributed by atoms with Crippen LogP contribution in [0.5, 0.6) is 0 Å². The molecule has 0 aliphatic carbocycles. The van der Waals surface area contributed by atoms with Crippen molar-refractivity contribution in [2.45, 2.75) is 44.8 Å². The molecule has 9 nitrogen and oxygen atoms in total. The molecule has 0 spiro atoms. The Morgan fingerprint density at radius 1 is 1.18 bits per heavy atom. The molecule has 3 N–H and O–H groups in total. The first-order valence-corrected chi connectivity index (χ1v) is 12.0. The van der Waals surface area contributed by atoms with Crippen molar-refractivity contribution in [1.82, 2.24) is 9.97 Å². The molecule has 0 saturated heterocycles. The van der Waals surface area contributed by atoms with Crippen molar-refractivity contribution in [1.29, 1.82) is 0 Å². The van der Waals surface area contributed by atoms with Crippen LogP contribution in [-0.2, 0) is 14.8 Å². The van der Waals surface area contributed by atoms with Crippen molar-refractivity contribution in [3.05, 3.63) is 47.4 Å². The van der Waals surface area contributed by atoms with E-state index in [0.717, 1.165) is 10.6 Å². The number of nitrogens with zero attached hydrogens (tertiary/aromatic N) is 3. The quantitative estimate of drug-likeness (QED) is 0.415. The zero-order valence-corrected chi connectivity index (χ0v) is 19.6. The molecule has 1 aromatic carbocycles. The predicted octanol–water partition coefficient (Wildman–Crippen LogP) is 1.75. The number of halogens is 1. The average Bonchev–Trinajstić information content (AvgIpc) is 2.70. The number of rotatable bonds is 10. The van der Waals surface area contributed by atoms with Gasteiger partial charge in [0, 0.05) is 24.6 Å². The first kappa shape index (κ1) is 30.1. The van der Waals surface area contributed by atoms with Gasteiger partial charge in [0.05, 0.1) is 36.3 Å². The Bertz CT molecular complexity index is 1130. The van der Waals surface area contributed by atoms with Gasteiger partial charge in [-0.3, -0.25) is 4.79 Å². The summed E-state index contributed by atoms with van der Waals surface area (Å²) < 4.78 is 38.6. The minimum atomic E-state index is -3.65. The third-order valence-electron chi connectivity index (χ3n) is 4.82. The molecule has 2 unspecified atom stereocenters. The fraction of sp³-hybridized carbons (Fsp3) is 0.409. The Morgan fingerprint density at radius 3 is 2.26 bits per heavy atom. The molecule has 1 aromatic heterocycles. The fourth-order valence-electron chi connectivity index (χ4n) is 3.05. The molecule has 182 valence electrons. The van der Waals surface area contributed by atoms with Crippen molar-refractivity contribution < 1.29 is 32.9 Å². The van der Waals surface area contributed by atoms with Crippen molar-refractivity contribution in [2.24, 2.45) is 0 Å². The number of carboxylic acid groups (broad SMARTS) is 1.